The van der Waals surface area contributed by atoms with Crippen LogP contribution in [0.3, 0.4) is 0 Å². The van der Waals surface area contributed by atoms with E-state index in [-0.39, 0.29) is 29.3 Å². The number of aliphatic hydroxyl groups is 2. The highest BCUT2D eigenvalue weighted by Crippen LogP contribution is 2.38. The maximum Gasteiger partial charge on any atom is 0.446 e. The summed E-state index contributed by atoms with van der Waals surface area (Å²) in [5.41, 5.74) is -2.55. The molecule has 0 bridgehead atoms. The summed E-state index contributed by atoms with van der Waals surface area (Å²) in [6.45, 7) is 3.35. The number of ether oxygens (including phenoxy) is 1. The van der Waals surface area contributed by atoms with Gasteiger partial charge in [-0.2, -0.15) is 22.8 Å². The van der Waals surface area contributed by atoms with Crippen LogP contribution in [0.5, 0.6) is 0 Å². The summed E-state index contributed by atoms with van der Waals surface area (Å²) in [5, 5.41) is 25.9. The van der Waals surface area contributed by atoms with Crippen LogP contribution in [-0.2, 0) is 4.74 Å². The van der Waals surface area contributed by atoms with Crippen molar-refractivity contribution < 1.29 is 28.1 Å². The molecule has 7 nitrogen and oxygen atoms in total. The number of alkyl halides is 3. The van der Waals surface area contributed by atoms with Crippen molar-refractivity contribution in [3.8, 4) is 11.3 Å². The van der Waals surface area contributed by atoms with Crippen molar-refractivity contribution in [2.75, 3.05) is 19.0 Å². The monoisotopic (exact) mass is 498 g/mol. The van der Waals surface area contributed by atoms with E-state index < -0.39 is 11.3 Å². The van der Waals surface area contributed by atoms with Gasteiger partial charge in [-0.05, 0) is 69.0 Å². The molecule has 1 fully saturated rings. The lowest BCUT2D eigenvalue weighted by atomic mass is 10.1. The Morgan fingerprint density at radius 1 is 1.21 bits per heavy atom. The van der Waals surface area contributed by atoms with Gasteiger partial charge in [-0.3, -0.25) is 0 Å². The van der Waals surface area contributed by atoms with Gasteiger partial charge in [0.1, 0.15) is 5.82 Å². The number of fused-ring (bicyclic) bond motifs is 1. The fourth-order valence-corrected chi connectivity index (χ4v) is 4.18. The van der Waals surface area contributed by atoms with Crippen LogP contribution in [0, 0.1) is 5.92 Å². The van der Waals surface area contributed by atoms with Crippen LogP contribution < -0.4 is 5.32 Å². The van der Waals surface area contributed by atoms with Crippen molar-refractivity contribution in [2.24, 2.45) is 5.92 Å². The number of hydrogen-bond acceptors (Lipinski definition) is 7. The number of methoxy groups -OCH3 is 1. The Hall–Kier alpha value is -2.34. The van der Waals surface area contributed by atoms with Gasteiger partial charge in [-0.15, -0.1) is 0 Å². The molecule has 2 atom stereocenters. The summed E-state index contributed by atoms with van der Waals surface area (Å²) in [6, 6.07) is 10.1. The third kappa shape index (κ3) is 7.59. The van der Waals surface area contributed by atoms with Crippen LogP contribution in [0.4, 0.5) is 19.0 Å². The van der Waals surface area contributed by atoms with E-state index in [0.717, 1.165) is 25.1 Å². The first-order chi connectivity index (χ1) is 16.0. The molecule has 4 rings (SSSR count). The van der Waals surface area contributed by atoms with Crippen LogP contribution in [0.15, 0.2) is 47.5 Å². The molecule has 0 saturated heterocycles. The molecule has 0 spiro atoms. The smallest absolute Gasteiger partial charge is 0.396 e. The number of thioether (sulfide) groups is 1. The van der Waals surface area contributed by atoms with Gasteiger partial charge in [0, 0.05) is 42.5 Å². The zero-order chi connectivity index (χ0) is 24.9. The fraction of sp³-hybridized carbons (Fsp3) is 0.478. The molecule has 11 heteroatoms. The molecule has 34 heavy (non-hydrogen) atoms. The van der Waals surface area contributed by atoms with Crippen molar-refractivity contribution in [3.63, 3.8) is 0 Å². The van der Waals surface area contributed by atoms with Crippen molar-refractivity contribution in [2.45, 2.75) is 55.3 Å². The highest BCUT2D eigenvalue weighted by atomic mass is 32.2. The Balaban J connectivity index is 0.000000481. The van der Waals surface area contributed by atoms with Gasteiger partial charge >= 0.3 is 5.51 Å². The molecule has 0 radical (unpaired) electrons. The van der Waals surface area contributed by atoms with Crippen molar-refractivity contribution in [3.05, 3.63) is 42.6 Å². The minimum atomic E-state index is -4.33. The Morgan fingerprint density at radius 3 is 2.56 bits per heavy atom. The molecule has 2 heterocycles. The molecule has 186 valence electrons. The number of anilines is 1. The van der Waals surface area contributed by atoms with E-state index in [4.69, 9.17) is 5.11 Å². The number of hydrogen-bond donors (Lipinski definition) is 3. The van der Waals surface area contributed by atoms with Gasteiger partial charge < -0.3 is 20.3 Å². The third-order valence-corrected chi connectivity index (χ3v) is 6.09. The summed E-state index contributed by atoms with van der Waals surface area (Å²) >= 11 is -0.140. The van der Waals surface area contributed by atoms with Crippen LogP contribution >= 0.6 is 11.8 Å². The van der Waals surface area contributed by atoms with Crippen LogP contribution in [-0.4, -0.2) is 55.9 Å². The average Bonchev–Trinajstić information content (AvgIpc) is 3.40. The predicted octanol–water partition coefficient (Wildman–Crippen LogP) is 4.94. The molecule has 2 aromatic heterocycles. The summed E-state index contributed by atoms with van der Waals surface area (Å²) < 4.78 is 44.1. The third-order valence-electron chi connectivity index (χ3n) is 5.37. The number of nitrogens with one attached hydrogen (secondary N) is 1. The number of aromatic nitrogens is 3. The number of nitrogens with zero attached hydrogens (tertiary/aromatic N) is 3. The van der Waals surface area contributed by atoms with Gasteiger partial charge in [-0.25, -0.2) is 4.98 Å². The van der Waals surface area contributed by atoms with E-state index >= 15 is 0 Å². The molecule has 0 aliphatic heterocycles. The highest BCUT2D eigenvalue weighted by Gasteiger charge is 2.29. The zero-order valence-electron chi connectivity index (χ0n) is 19.2. The molecule has 1 aliphatic rings. The predicted molar refractivity (Wildman–Crippen MR) is 125 cm³/mol. The second-order valence-electron chi connectivity index (χ2n) is 8.56. The standard InChI is InChI=1S/C19H19F3N4OS.C4H10O2/c20-19(21,22)28-15-3-1-2-13(9-15)16-10-18-23-7-6-17(26(18)25-16)24-14-5-4-12(8-14)11-27;1-4(2,5)6-3/h1-3,6-7,9-10,12,14,24,27H,4-5,8,11H2;5H,1-3H3. The molecule has 3 N–H and O–H groups in total. The van der Waals surface area contributed by atoms with Crippen LogP contribution in [0.25, 0.3) is 16.9 Å². The van der Waals surface area contributed by atoms with E-state index in [1.165, 1.54) is 19.2 Å². The van der Waals surface area contributed by atoms with Crippen molar-refractivity contribution >= 4 is 23.2 Å². The lowest BCUT2D eigenvalue weighted by Gasteiger charge is -2.14. The summed E-state index contributed by atoms with van der Waals surface area (Å²) in [5.74, 6) is 0.137. The van der Waals surface area contributed by atoms with E-state index in [0.29, 0.717) is 22.8 Å². The average molecular weight is 499 g/mol. The fourth-order valence-electron chi connectivity index (χ4n) is 3.58. The zero-order valence-corrected chi connectivity index (χ0v) is 20.0. The lowest BCUT2D eigenvalue weighted by Crippen LogP contribution is -2.20. The van der Waals surface area contributed by atoms with Crippen molar-refractivity contribution in [1.29, 1.82) is 0 Å². The molecule has 2 unspecified atom stereocenters. The lowest BCUT2D eigenvalue weighted by molar-refractivity contribution is -0.155. The number of benzene rings is 1. The summed E-state index contributed by atoms with van der Waals surface area (Å²) in [7, 11) is 1.46. The van der Waals surface area contributed by atoms with Crippen LogP contribution in [0.2, 0.25) is 0 Å². The number of rotatable bonds is 6. The SMILES string of the molecule is COC(C)(C)O.OCC1CCC(Nc2ccnc3cc(-c4cccc(SC(F)(F)F)c4)nn23)C1. The molecule has 1 saturated carbocycles. The molecular formula is C23H29F3N4O3S. The maximum atomic E-state index is 12.7. The largest absolute Gasteiger partial charge is 0.446 e. The first kappa shape index (κ1) is 26.3. The topological polar surface area (TPSA) is 91.9 Å². The second-order valence-corrected chi connectivity index (χ2v) is 9.70. The maximum absolute atomic E-state index is 12.7. The normalized spacial score (nSPS) is 18.6. The minimum absolute atomic E-state index is 0.120. The van der Waals surface area contributed by atoms with E-state index in [2.05, 4.69) is 20.1 Å². The highest BCUT2D eigenvalue weighted by molar-refractivity contribution is 8.00. The van der Waals surface area contributed by atoms with Gasteiger partial charge in [0.25, 0.3) is 0 Å². The van der Waals surface area contributed by atoms with Crippen LogP contribution in [0.1, 0.15) is 33.1 Å². The Labute approximate surface area is 200 Å². The van der Waals surface area contributed by atoms with Gasteiger partial charge in [0.15, 0.2) is 11.4 Å². The van der Waals surface area contributed by atoms with E-state index in [1.54, 1.807) is 42.8 Å². The van der Waals surface area contributed by atoms with Crippen molar-refractivity contribution in [1.82, 2.24) is 14.6 Å². The van der Waals surface area contributed by atoms with Gasteiger partial charge in [0.05, 0.1) is 5.69 Å². The Morgan fingerprint density at radius 2 is 1.94 bits per heavy atom. The molecule has 1 aliphatic carbocycles. The Kier molecular flexibility index (Phi) is 8.45. The molecule has 0 amide bonds. The first-order valence-corrected chi connectivity index (χ1v) is 11.6. The van der Waals surface area contributed by atoms with Gasteiger partial charge in [0.2, 0.25) is 0 Å². The quantitative estimate of drug-likeness (QED) is 0.327. The Bertz CT molecular complexity index is 1090. The number of aliphatic hydroxyl groups excluding tert-OH is 1. The molecule has 3 aromatic rings. The number of halogens is 3. The minimum Gasteiger partial charge on any atom is -0.396 e. The summed E-state index contributed by atoms with van der Waals surface area (Å²) in [4.78, 5) is 4.43. The van der Waals surface area contributed by atoms with E-state index in [9.17, 15) is 18.3 Å². The molecular weight excluding hydrogens is 469 g/mol. The molecule has 1 aromatic carbocycles. The summed E-state index contributed by atoms with van der Waals surface area (Å²) in [6.07, 6.45) is 4.53. The van der Waals surface area contributed by atoms with Gasteiger partial charge in [-0.1, -0.05) is 12.1 Å². The second kappa shape index (κ2) is 10.9. The first-order valence-electron chi connectivity index (χ1n) is 10.8. The van der Waals surface area contributed by atoms with E-state index in [1.807, 2.05) is 6.07 Å².